The largest absolute Gasteiger partial charge is 0.492 e. The summed E-state index contributed by atoms with van der Waals surface area (Å²) in [5.74, 6) is -1.23. The molecular weight excluding hydrogens is 258 g/mol. The fourth-order valence-corrected chi connectivity index (χ4v) is 2.56. The van der Waals surface area contributed by atoms with Crippen LogP contribution in [0.1, 0.15) is 19.3 Å². The summed E-state index contributed by atoms with van der Waals surface area (Å²) in [5, 5.41) is 11.8. The lowest BCUT2D eigenvalue weighted by atomic mass is 9.95. The molecule has 1 amide bonds. The van der Waals surface area contributed by atoms with Gasteiger partial charge < -0.3 is 15.2 Å². The van der Waals surface area contributed by atoms with Crippen LogP contribution in [0.2, 0.25) is 0 Å². The van der Waals surface area contributed by atoms with Crippen LogP contribution < -0.4 is 10.1 Å². The number of ether oxygens (including phenoxy) is 1. The van der Waals surface area contributed by atoms with Crippen molar-refractivity contribution in [2.45, 2.75) is 19.3 Å². The van der Waals surface area contributed by atoms with E-state index in [0.29, 0.717) is 26.0 Å². The molecule has 0 unspecified atom stereocenters. The standard InChI is InChI=1S/C15H19NO4/c17-14(12-7-4-8-13(12)15(18)19)16-9-10-20-11-5-2-1-3-6-11/h1-3,5-6,12-13H,4,7-10H2,(H,16,17)(H,18,19)/t12-,13+/m1/s1. The van der Waals surface area contributed by atoms with Crippen molar-refractivity contribution in [2.24, 2.45) is 11.8 Å². The summed E-state index contributed by atoms with van der Waals surface area (Å²) < 4.78 is 5.46. The van der Waals surface area contributed by atoms with Gasteiger partial charge in [0.05, 0.1) is 18.4 Å². The maximum absolute atomic E-state index is 11.9. The van der Waals surface area contributed by atoms with Gasteiger partial charge in [-0.15, -0.1) is 0 Å². The van der Waals surface area contributed by atoms with Crippen LogP contribution in [0.25, 0.3) is 0 Å². The van der Waals surface area contributed by atoms with Gasteiger partial charge in [-0.25, -0.2) is 0 Å². The second-order valence-corrected chi connectivity index (χ2v) is 4.93. The molecule has 0 heterocycles. The Morgan fingerprint density at radius 3 is 2.60 bits per heavy atom. The van der Waals surface area contributed by atoms with Crippen LogP contribution in [0.5, 0.6) is 5.75 Å². The quantitative estimate of drug-likeness (QED) is 0.776. The molecule has 2 N–H and O–H groups in total. The Balaban J connectivity index is 1.71. The van der Waals surface area contributed by atoms with Gasteiger partial charge in [0.2, 0.25) is 5.91 Å². The molecule has 0 aromatic heterocycles. The zero-order chi connectivity index (χ0) is 14.4. The Morgan fingerprint density at radius 2 is 1.90 bits per heavy atom. The monoisotopic (exact) mass is 277 g/mol. The maximum atomic E-state index is 11.9. The molecule has 1 aromatic carbocycles. The molecule has 0 saturated heterocycles. The first-order valence-electron chi connectivity index (χ1n) is 6.87. The first-order valence-corrected chi connectivity index (χ1v) is 6.87. The van der Waals surface area contributed by atoms with E-state index in [1.165, 1.54) is 0 Å². The summed E-state index contributed by atoms with van der Waals surface area (Å²) in [6, 6.07) is 9.35. The van der Waals surface area contributed by atoms with E-state index >= 15 is 0 Å². The fourth-order valence-electron chi connectivity index (χ4n) is 2.56. The smallest absolute Gasteiger partial charge is 0.307 e. The van der Waals surface area contributed by atoms with Crippen LogP contribution in [0, 0.1) is 11.8 Å². The fraction of sp³-hybridized carbons (Fsp3) is 0.467. The lowest BCUT2D eigenvalue weighted by Gasteiger charge is -2.15. The van der Waals surface area contributed by atoms with Gasteiger partial charge in [0.25, 0.3) is 0 Å². The first kappa shape index (κ1) is 14.4. The number of hydrogen-bond acceptors (Lipinski definition) is 3. The van der Waals surface area contributed by atoms with Gasteiger partial charge in [0.15, 0.2) is 0 Å². The minimum Gasteiger partial charge on any atom is -0.492 e. The van der Waals surface area contributed by atoms with Gasteiger partial charge in [0, 0.05) is 0 Å². The molecule has 108 valence electrons. The molecule has 5 heteroatoms. The average Bonchev–Trinajstić information content (AvgIpc) is 2.94. The van der Waals surface area contributed by atoms with Crippen LogP contribution in [0.15, 0.2) is 30.3 Å². The molecule has 1 aliphatic rings. The third-order valence-corrected chi connectivity index (χ3v) is 3.58. The van der Waals surface area contributed by atoms with E-state index in [-0.39, 0.29) is 5.91 Å². The van der Waals surface area contributed by atoms with Crippen molar-refractivity contribution in [3.05, 3.63) is 30.3 Å². The van der Waals surface area contributed by atoms with Crippen LogP contribution in [-0.2, 0) is 9.59 Å². The summed E-state index contributed by atoms with van der Waals surface area (Å²) in [7, 11) is 0. The number of aliphatic carboxylic acids is 1. The molecule has 5 nitrogen and oxygen atoms in total. The summed E-state index contributed by atoms with van der Waals surface area (Å²) in [4.78, 5) is 23.0. The number of para-hydroxylation sites is 1. The minimum absolute atomic E-state index is 0.174. The number of benzene rings is 1. The molecule has 0 aliphatic heterocycles. The summed E-state index contributed by atoms with van der Waals surface area (Å²) in [6.07, 6.45) is 2.05. The van der Waals surface area contributed by atoms with E-state index in [0.717, 1.165) is 12.2 Å². The van der Waals surface area contributed by atoms with Crippen LogP contribution in [-0.4, -0.2) is 30.1 Å². The molecule has 1 aliphatic carbocycles. The lowest BCUT2D eigenvalue weighted by molar-refractivity contribution is -0.146. The second-order valence-electron chi connectivity index (χ2n) is 4.93. The number of hydrogen-bond donors (Lipinski definition) is 2. The molecule has 0 radical (unpaired) electrons. The van der Waals surface area contributed by atoms with Crippen molar-refractivity contribution < 1.29 is 19.4 Å². The van der Waals surface area contributed by atoms with Crippen molar-refractivity contribution in [3.63, 3.8) is 0 Å². The summed E-state index contributed by atoms with van der Waals surface area (Å²) in [6.45, 7) is 0.761. The highest BCUT2D eigenvalue weighted by atomic mass is 16.5. The van der Waals surface area contributed by atoms with Gasteiger partial charge >= 0.3 is 5.97 Å². The van der Waals surface area contributed by atoms with E-state index in [2.05, 4.69) is 5.32 Å². The molecule has 1 fully saturated rings. The minimum atomic E-state index is -0.872. The van der Waals surface area contributed by atoms with Gasteiger partial charge in [-0.05, 0) is 25.0 Å². The number of carbonyl (C=O) groups is 2. The van der Waals surface area contributed by atoms with Crippen molar-refractivity contribution in [1.29, 1.82) is 0 Å². The summed E-state index contributed by atoms with van der Waals surface area (Å²) in [5.41, 5.74) is 0. The average molecular weight is 277 g/mol. The number of carboxylic acid groups (broad SMARTS) is 1. The Morgan fingerprint density at radius 1 is 1.20 bits per heavy atom. The first-order chi connectivity index (χ1) is 9.68. The van der Waals surface area contributed by atoms with Crippen molar-refractivity contribution in [2.75, 3.05) is 13.2 Å². The van der Waals surface area contributed by atoms with E-state index in [1.807, 2.05) is 30.3 Å². The predicted octanol–water partition coefficient (Wildman–Crippen LogP) is 1.68. The van der Waals surface area contributed by atoms with Gasteiger partial charge in [-0.1, -0.05) is 24.6 Å². The topological polar surface area (TPSA) is 75.6 Å². The normalized spacial score (nSPS) is 21.4. The second kappa shape index (κ2) is 6.93. The highest BCUT2D eigenvalue weighted by Crippen LogP contribution is 2.31. The van der Waals surface area contributed by atoms with Gasteiger partial charge in [-0.2, -0.15) is 0 Å². The molecule has 2 rings (SSSR count). The number of carboxylic acids is 1. The Bertz CT molecular complexity index is 460. The summed E-state index contributed by atoms with van der Waals surface area (Å²) >= 11 is 0. The molecule has 2 atom stereocenters. The Labute approximate surface area is 117 Å². The van der Waals surface area contributed by atoms with E-state index in [4.69, 9.17) is 9.84 Å². The van der Waals surface area contributed by atoms with Crippen molar-refractivity contribution in [3.8, 4) is 5.75 Å². The van der Waals surface area contributed by atoms with E-state index < -0.39 is 17.8 Å². The number of carbonyl (C=O) groups excluding carboxylic acids is 1. The molecule has 20 heavy (non-hydrogen) atoms. The van der Waals surface area contributed by atoms with Crippen molar-refractivity contribution in [1.82, 2.24) is 5.32 Å². The maximum Gasteiger partial charge on any atom is 0.307 e. The number of amides is 1. The third kappa shape index (κ3) is 3.73. The molecule has 1 saturated carbocycles. The van der Waals surface area contributed by atoms with E-state index in [9.17, 15) is 9.59 Å². The van der Waals surface area contributed by atoms with E-state index in [1.54, 1.807) is 0 Å². The number of nitrogens with one attached hydrogen (secondary N) is 1. The lowest BCUT2D eigenvalue weighted by Crippen LogP contribution is -2.37. The predicted molar refractivity (Wildman–Crippen MR) is 73.4 cm³/mol. The van der Waals surface area contributed by atoms with Gasteiger partial charge in [-0.3, -0.25) is 9.59 Å². The third-order valence-electron chi connectivity index (χ3n) is 3.58. The highest BCUT2D eigenvalue weighted by molar-refractivity contribution is 5.85. The molecule has 0 spiro atoms. The highest BCUT2D eigenvalue weighted by Gasteiger charge is 2.37. The van der Waals surface area contributed by atoms with Crippen LogP contribution in [0.3, 0.4) is 0 Å². The Kier molecular flexibility index (Phi) is 4.98. The molecule has 0 bridgehead atoms. The van der Waals surface area contributed by atoms with Crippen molar-refractivity contribution >= 4 is 11.9 Å². The zero-order valence-corrected chi connectivity index (χ0v) is 11.2. The Hall–Kier alpha value is -2.04. The van der Waals surface area contributed by atoms with Gasteiger partial charge in [0.1, 0.15) is 12.4 Å². The number of rotatable bonds is 6. The molecule has 1 aromatic rings. The zero-order valence-electron chi connectivity index (χ0n) is 11.2. The van der Waals surface area contributed by atoms with Crippen LogP contribution in [0.4, 0.5) is 0 Å². The SMILES string of the molecule is O=C(O)[C@H]1CCC[C@H]1C(=O)NCCOc1ccccc1. The van der Waals surface area contributed by atoms with Crippen LogP contribution >= 0.6 is 0 Å². The molecular formula is C15H19NO4.